The number of nitrogens with one attached hydrogen (secondary N) is 1. The molecular formula is C13H18BNO3. The number of rotatable bonds is 8. The van der Waals surface area contributed by atoms with Crippen molar-refractivity contribution in [3.8, 4) is 0 Å². The second-order valence-corrected chi connectivity index (χ2v) is 4.08. The number of ether oxygens (including phenoxy) is 1. The summed E-state index contributed by atoms with van der Waals surface area (Å²) in [5.74, 6) is -0.258. The predicted molar refractivity (Wildman–Crippen MR) is 69.6 cm³/mol. The molecule has 1 aromatic carbocycles. The maximum atomic E-state index is 11.2. The van der Waals surface area contributed by atoms with Gasteiger partial charge in [0.2, 0.25) is 0 Å². The molecule has 1 atom stereocenters. The summed E-state index contributed by atoms with van der Waals surface area (Å²) in [6.45, 7) is 0. The van der Waals surface area contributed by atoms with E-state index in [1.807, 2.05) is 18.2 Å². The molecule has 0 aliphatic rings. The average Bonchev–Trinajstić information content (AvgIpc) is 2.42. The Balaban J connectivity index is 2.44. The van der Waals surface area contributed by atoms with Gasteiger partial charge in [0.05, 0.1) is 0 Å². The van der Waals surface area contributed by atoms with Crippen LogP contribution in [0.4, 0.5) is 0 Å². The van der Waals surface area contributed by atoms with Gasteiger partial charge in [0.1, 0.15) is 0 Å². The van der Waals surface area contributed by atoms with Crippen LogP contribution >= 0.6 is 0 Å². The molecule has 0 heterocycles. The van der Waals surface area contributed by atoms with E-state index in [1.54, 1.807) is 0 Å². The van der Waals surface area contributed by atoms with Crippen LogP contribution in [0.5, 0.6) is 0 Å². The molecule has 0 spiro atoms. The number of hydrogen-bond acceptors (Lipinski definition) is 4. The van der Waals surface area contributed by atoms with E-state index in [4.69, 9.17) is 0 Å². The monoisotopic (exact) mass is 247 g/mol. The van der Waals surface area contributed by atoms with Crippen LogP contribution in [0.15, 0.2) is 30.3 Å². The van der Waals surface area contributed by atoms with E-state index in [1.165, 1.54) is 12.7 Å². The zero-order valence-corrected chi connectivity index (χ0v) is 10.6. The second kappa shape index (κ2) is 8.58. The average molecular weight is 247 g/mol. The topological polar surface area (TPSA) is 55.4 Å². The Morgan fingerprint density at radius 3 is 2.72 bits per heavy atom. The number of carbonyl (C=O) groups is 1. The molecule has 0 aliphatic heterocycles. The summed E-state index contributed by atoms with van der Waals surface area (Å²) in [7, 11) is 2.17. The zero-order chi connectivity index (χ0) is 13.2. The molecule has 18 heavy (non-hydrogen) atoms. The van der Waals surface area contributed by atoms with Crippen LogP contribution in [0.3, 0.4) is 0 Å². The van der Waals surface area contributed by atoms with Crippen LogP contribution in [0.25, 0.3) is 0 Å². The van der Waals surface area contributed by atoms with Crippen molar-refractivity contribution < 1.29 is 14.2 Å². The third-order valence-electron chi connectivity index (χ3n) is 2.75. The van der Waals surface area contributed by atoms with E-state index >= 15 is 0 Å². The summed E-state index contributed by atoms with van der Waals surface area (Å²) in [6.07, 6.45) is 2.22. The van der Waals surface area contributed by atoms with Gasteiger partial charge < -0.3 is 0 Å². The van der Waals surface area contributed by atoms with Gasteiger partial charge in [-0.2, -0.15) is 0 Å². The first-order valence-corrected chi connectivity index (χ1v) is 6.04. The maximum absolute atomic E-state index is 11.2. The van der Waals surface area contributed by atoms with Gasteiger partial charge in [-0.05, 0) is 0 Å². The van der Waals surface area contributed by atoms with Crippen molar-refractivity contribution in [1.82, 2.24) is 5.32 Å². The fourth-order valence-electron chi connectivity index (χ4n) is 1.76. The Hall–Kier alpha value is -1.49. The first-order valence-electron chi connectivity index (χ1n) is 6.04. The third kappa shape index (κ3) is 5.73. The number of esters is 1. The molecule has 0 amide bonds. The quantitative estimate of drug-likeness (QED) is 0.553. The van der Waals surface area contributed by atoms with Crippen LogP contribution in [-0.4, -0.2) is 32.7 Å². The summed E-state index contributed by atoms with van der Waals surface area (Å²) >= 11 is 0. The fourth-order valence-corrected chi connectivity index (χ4v) is 1.76. The van der Waals surface area contributed by atoms with E-state index in [9.17, 15) is 9.50 Å². The van der Waals surface area contributed by atoms with E-state index < -0.39 is 0 Å². The van der Waals surface area contributed by atoms with Gasteiger partial charge in [-0.25, -0.2) is 0 Å². The van der Waals surface area contributed by atoms with Crippen LogP contribution in [-0.2, 0) is 20.7 Å². The van der Waals surface area contributed by atoms with E-state index in [-0.39, 0.29) is 24.9 Å². The van der Waals surface area contributed by atoms with Crippen LogP contribution in [0.2, 0.25) is 0 Å². The Kier molecular flexibility index (Phi) is 6.95. The van der Waals surface area contributed by atoms with Gasteiger partial charge in [-0.3, -0.25) is 0 Å². The van der Waals surface area contributed by atoms with Crippen LogP contribution in [0.1, 0.15) is 18.4 Å². The standard InChI is InChI=1S/C13H18BNO3/c1-18-13(16)9-12(15-10-14-17)8-7-11-5-3-2-4-6-11/h2-6,12,15H,7-10H2,1H3. The molecule has 0 fully saturated rings. The van der Waals surface area contributed by atoms with Crippen molar-refractivity contribution in [2.75, 3.05) is 13.6 Å². The van der Waals surface area contributed by atoms with Crippen molar-refractivity contribution in [3.05, 3.63) is 35.9 Å². The molecule has 1 N–H and O–H groups in total. The number of benzene rings is 1. The molecule has 1 unspecified atom stereocenters. The third-order valence-corrected chi connectivity index (χ3v) is 2.75. The number of hydrogen-bond donors (Lipinski definition) is 1. The molecule has 1 aromatic rings. The van der Waals surface area contributed by atoms with Gasteiger partial charge in [0, 0.05) is 0 Å². The van der Waals surface area contributed by atoms with Crippen molar-refractivity contribution in [3.63, 3.8) is 0 Å². The summed E-state index contributed by atoms with van der Waals surface area (Å²) in [5, 5.41) is 3.04. The molecule has 1 rings (SSSR count). The second-order valence-electron chi connectivity index (χ2n) is 4.08. The molecule has 5 heteroatoms. The first-order chi connectivity index (χ1) is 8.76. The van der Waals surface area contributed by atoms with Crippen molar-refractivity contribution >= 4 is 13.1 Å². The molecule has 0 saturated carbocycles. The van der Waals surface area contributed by atoms with Gasteiger partial charge in [-0.1, -0.05) is 0 Å². The Labute approximate surface area is 108 Å². The minimum atomic E-state index is -0.258. The minimum absolute atomic E-state index is 0.0251. The summed E-state index contributed by atoms with van der Waals surface area (Å²) in [4.78, 5) is 11.2. The predicted octanol–water partition coefficient (Wildman–Crippen LogP) is 1.15. The summed E-state index contributed by atoms with van der Waals surface area (Å²) in [6, 6.07) is 10.0. The van der Waals surface area contributed by atoms with Crippen molar-refractivity contribution in [1.29, 1.82) is 0 Å². The molecule has 0 aliphatic carbocycles. The normalized spacial score (nSPS) is 11.6. The van der Waals surface area contributed by atoms with Crippen molar-refractivity contribution in [2.24, 2.45) is 0 Å². The molecule has 0 aromatic heterocycles. The molecular weight excluding hydrogens is 229 g/mol. The molecule has 0 saturated heterocycles. The Bertz CT molecular complexity index is 370. The molecule has 4 nitrogen and oxygen atoms in total. The number of aryl methyl sites for hydroxylation is 1. The van der Waals surface area contributed by atoms with E-state index in [0.717, 1.165) is 20.0 Å². The first kappa shape index (κ1) is 14.6. The van der Waals surface area contributed by atoms with Crippen LogP contribution < -0.4 is 5.32 Å². The zero-order valence-electron chi connectivity index (χ0n) is 10.6. The summed E-state index contributed by atoms with van der Waals surface area (Å²) < 4.78 is 15.0. The Morgan fingerprint density at radius 2 is 2.11 bits per heavy atom. The number of carbonyl (C=O) groups excluding carboxylic acids is 1. The van der Waals surface area contributed by atoms with Gasteiger partial charge >= 0.3 is 107 Å². The molecule has 0 bridgehead atoms. The Morgan fingerprint density at radius 1 is 1.39 bits per heavy atom. The van der Waals surface area contributed by atoms with E-state index in [0.29, 0.717) is 0 Å². The van der Waals surface area contributed by atoms with Gasteiger partial charge in [0.25, 0.3) is 0 Å². The van der Waals surface area contributed by atoms with E-state index in [2.05, 4.69) is 22.2 Å². The van der Waals surface area contributed by atoms with Gasteiger partial charge in [0.15, 0.2) is 0 Å². The van der Waals surface area contributed by atoms with Gasteiger partial charge in [-0.15, -0.1) is 0 Å². The SMILES string of the molecule is COC(=O)CC(CCc1ccccc1)NCB=O. The molecule has 0 radical (unpaired) electrons. The molecule has 96 valence electrons. The summed E-state index contributed by atoms with van der Waals surface area (Å²) in [5.41, 5.74) is 1.22. The van der Waals surface area contributed by atoms with Crippen LogP contribution in [0, 0.1) is 0 Å². The number of methoxy groups -OCH3 is 1. The van der Waals surface area contributed by atoms with Crippen molar-refractivity contribution in [2.45, 2.75) is 25.3 Å². The fraction of sp³-hybridized carbons (Fsp3) is 0.462.